The molecule has 0 aromatic carbocycles. The summed E-state index contributed by atoms with van der Waals surface area (Å²) >= 11 is 5.24. The molecule has 24 heavy (non-hydrogen) atoms. The summed E-state index contributed by atoms with van der Waals surface area (Å²) in [4.78, 5) is 7.75. The molecule has 0 amide bonds. The Morgan fingerprint density at radius 2 is 2.21 bits per heavy atom. The van der Waals surface area contributed by atoms with Gasteiger partial charge in [0.2, 0.25) is 0 Å². The van der Waals surface area contributed by atoms with E-state index in [1.165, 1.54) is 4.88 Å². The number of fused-ring (bicyclic) bond motifs is 1. The normalized spacial score (nSPS) is 11.9. The third-order valence-corrected chi connectivity index (χ3v) is 5.22. The van der Waals surface area contributed by atoms with E-state index in [-0.39, 0.29) is 0 Å². The molecule has 3 heterocycles. The van der Waals surface area contributed by atoms with Crippen LogP contribution in [0.25, 0.3) is 5.65 Å². The van der Waals surface area contributed by atoms with Crippen molar-refractivity contribution in [3.8, 4) is 0 Å². The molecule has 6 nitrogen and oxygen atoms in total. The van der Waals surface area contributed by atoms with Crippen LogP contribution in [0.5, 0.6) is 0 Å². The molecule has 0 atom stereocenters. The molecule has 3 aromatic heterocycles. The zero-order valence-corrected chi connectivity index (χ0v) is 16.0. The smallest absolute Gasteiger partial charge is 0.193 e. The lowest BCUT2D eigenvalue weighted by molar-refractivity contribution is 0.481. The number of pyridine rings is 1. The van der Waals surface area contributed by atoms with Crippen LogP contribution in [0.3, 0.4) is 0 Å². The van der Waals surface area contributed by atoms with E-state index in [2.05, 4.69) is 53.5 Å². The first-order valence-electron chi connectivity index (χ1n) is 7.62. The lowest BCUT2D eigenvalue weighted by Gasteiger charge is -2.21. The molecule has 0 radical (unpaired) electrons. The van der Waals surface area contributed by atoms with Crippen LogP contribution in [-0.2, 0) is 13.0 Å². The molecule has 0 unspecified atom stereocenters. The molecule has 0 aliphatic heterocycles. The molecule has 0 fully saturated rings. The first kappa shape index (κ1) is 16.9. The third kappa shape index (κ3) is 3.93. The third-order valence-electron chi connectivity index (χ3n) is 3.61. The Balaban J connectivity index is 1.56. The molecule has 0 bridgehead atoms. The molecule has 8 heteroatoms. The summed E-state index contributed by atoms with van der Waals surface area (Å²) in [6, 6.07) is 10.1. The van der Waals surface area contributed by atoms with Gasteiger partial charge in [0.1, 0.15) is 5.82 Å². The van der Waals surface area contributed by atoms with E-state index < -0.39 is 0 Å². The lowest BCUT2D eigenvalue weighted by atomic mass is 10.4. The highest BCUT2D eigenvalue weighted by Gasteiger charge is 2.09. The number of nitrogens with one attached hydrogen (secondary N) is 1. The van der Waals surface area contributed by atoms with Crippen LogP contribution in [0.1, 0.15) is 10.7 Å². The second-order valence-corrected chi connectivity index (χ2v) is 7.88. The zero-order valence-electron chi connectivity index (χ0n) is 13.6. The van der Waals surface area contributed by atoms with Crippen molar-refractivity contribution in [2.45, 2.75) is 13.0 Å². The van der Waals surface area contributed by atoms with Crippen molar-refractivity contribution >= 4 is 38.9 Å². The Hall–Kier alpha value is -1.93. The number of hydrogen-bond acceptors (Lipinski definition) is 4. The number of aliphatic imine (C=N–C) groups is 1. The molecule has 1 N–H and O–H groups in total. The summed E-state index contributed by atoms with van der Waals surface area (Å²) in [6.45, 7) is 1.57. The minimum Gasteiger partial charge on any atom is -0.356 e. The van der Waals surface area contributed by atoms with Gasteiger partial charge in [-0.25, -0.2) is 0 Å². The Labute approximate surface area is 153 Å². The van der Waals surface area contributed by atoms with Crippen molar-refractivity contribution in [3.05, 3.63) is 51.0 Å². The van der Waals surface area contributed by atoms with E-state index >= 15 is 0 Å². The Bertz CT molecular complexity index is 840. The van der Waals surface area contributed by atoms with Gasteiger partial charge in [0, 0.05) is 38.1 Å². The molecule has 3 rings (SSSR count). The lowest BCUT2D eigenvalue weighted by Crippen LogP contribution is -2.39. The van der Waals surface area contributed by atoms with Crippen molar-refractivity contribution < 1.29 is 0 Å². The second kappa shape index (κ2) is 7.76. The van der Waals surface area contributed by atoms with Crippen LogP contribution >= 0.6 is 27.3 Å². The number of halogens is 1. The van der Waals surface area contributed by atoms with Gasteiger partial charge in [0.25, 0.3) is 0 Å². The van der Waals surface area contributed by atoms with Crippen LogP contribution in [0.2, 0.25) is 0 Å². The van der Waals surface area contributed by atoms with Gasteiger partial charge in [-0.3, -0.25) is 9.39 Å². The number of guanidine groups is 1. The highest BCUT2D eigenvalue weighted by Crippen LogP contribution is 2.22. The second-order valence-electron chi connectivity index (χ2n) is 5.33. The molecule has 0 aliphatic rings. The minimum absolute atomic E-state index is 0.751. The fourth-order valence-corrected chi connectivity index (χ4v) is 4.01. The van der Waals surface area contributed by atoms with E-state index in [0.29, 0.717) is 0 Å². The van der Waals surface area contributed by atoms with Crippen LogP contribution in [0.15, 0.2) is 45.3 Å². The molecular formula is C16H19BrN6S. The largest absolute Gasteiger partial charge is 0.356 e. The average Bonchev–Trinajstić information content (AvgIpc) is 3.18. The van der Waals surface area contributed by atoms with Gasteiger partial charge in [-0.05, 0) is 40.2 Å². The summed E-state index contributed by atoms with van der Waals surface area (Å²) < 4.78 is 3.16. The Morgan fingerprint density at radius 1 is 1.33 bits per heavy atom. The summed E-state index contributed by atoms with van der Waals surface area (Å²) in [5, 5.41) is 11.8. The van der Waals surface area contributed by atoms with Gasteiger partial charge in [-0.2, -0.15) is 0 Å². The fourth-order valence-electron chi connectivity index (χ4n) is 2.48. The summed E-state index contributed by atoms with van der Waals surface area (Å²) in [7, 11) is 3.84. The molecule has 126 valence electrons. The molecule has 0 aliphatic carbocycles. The maximum absolute atomic E-state index is 4.35. The van der Waals surface area contributed by atoms with Crippen molar-refractivity contribution in [2.75, 3.05) is 20.6 Å². The van der Waals surface area contributed by atoms with E-state index in [1.807, 2.05) is 35.8 Å². The monoisotopic (exact) mass is 406 g/mol. The minimum atomic E-state index is 0.751. The van der Waals surface area contributed by atoms with Crippen LogP contribution in [0, 0.1) is 0 Å². The quantitative estimate of drug-likeness (QED) is 0.522. The number of hydrogen-bond donors (Lipinski definition) is 1. The predicted molar refractivity (Wildman–Crippen MR) is 102 cm³/mol. The highest BCUT2D eigenvalue weighted by atomic mass is 79.9. The maximum atomic E-state index is 4.35. The Morgan fingerprint density at radius 3 is 2.96 bits per heavy atom. The van der Waals surface area contributed by atoms with Crippen molar-refractivity contribution in [2.24, 2.45) is 4.99 Å². The first-order valence-corrected chi connectivity index (χ1v) is 9.23. The number of thiophene rings is 1. The average molecular weight is 407 g/mol. The van der Waals surface area contributed by atoms with E-state index in [1.54, 1.807) is 18.4 Å². The zero-order chi connectivity index (χ0) is 16.9. The van der Waals surface area contributed by atoms with Crippen LogP contribution in [0.4, 0.5) is 0 Å². The van der Waals surface area contributed by atoms with Gasteiger partial charge in [0.15, 0.2) is 11.6 Å². The van der Waals surface area contributed by atoms with Crippen molar-refractivity contribution in [3.63, 3.8) is 0 Å². The summed E-state index contributed by atoms with van der Waals surface area (Å²) in [5.74, 6) is 1.81. The Kier molecular flexibility index (Phi) is 5.47. The number of rotatable bonds is 5. The summed E-state index contributed by atoms with van der Waals surface area (Å²) in [5.41, 5.74) is 0.872. The van der Waals surface area contributed by atoms with Crippen LogP contribution in [-0.4, -0.2) is 46.1 Å². The fraction of sp³-hybridized carbons (Fsp3) is 0.312. The van der Waals surface area contributed by atoms with E-state index in [0.717, 1.165) is 40.7 Å². The van der Waals surface area contributed by atoms with Crippen molar-refractivity contribution in [1.82, 2.24) is 24.8 Å². The molecule has 0 spiro atoms. The maximum Gasteiger partial charge on any atom is 0.193 e. The molecule has 0 saturated heterocycles. The summed E-state index contributed by atoms with van der Waals surface area (Å²) in [6.07, 6.45) is 2.77. The van der Waals surface area contributed by atoms with Crippen LogP contribution < -0.4 is 5.32 Å². The molecular weight excluding hydrogens is 388 g/mol. The molecule has 0 saturated carbocycles. The SMILES string of the molecule is CN=C(NCCc1nnc2ccccn12)N(C)Cc1ccc(Br)s1. The van der Waals surface area contributed by atoms with E-state index in [4.69, 9.17) is 0 Å². The molecule has 3 aromatic rings. The van der Waals surface area contributed by atoms with Crippen molar-refractivity contribution in [1.29, 1.82) is 0 Å². The van der Waals surface area contributed by atoms with Gasteiger partial charge >= 0.3 is 0 Å². The van der Waals surface area contributed by atoms with Gasteiger partial charge in [-0.1, -0.05) is 6.07 Å². The standard InChI is InChI=1S/C16H19BrN6S/c1-18-16(22(2)11-12-6-7-13(17)24-12)19-9-8-15-21-20-14-5-3-4-10-23(14)15/h3-7,10H,8-9,11H2,1-2H3,(H,18,19). The van der Waals surface area contributed by atoms with Gasteiger partial charge < -0.3 is 10.2 Å². The van der Waals surface area contributed by atoms with Gasteiger partial charge in [-0.15, -0.1) is 21.5 Å². The first-order chi connectivity index (χ1) is 11.7. The van der Waals surface area contributed by atoms with E-state index in [9.17, 15) is 0 Å². The number of nitrogens with zero attached hydrogens (tertiary/aromatic N) is 5. The van der Waals surface area contributed by atoms with Gasteiger partial charge in [0.05, 0.1) is 10.3 Å². The predicted octanol–water partition coefficient (Wildman–Crippen LogP) is 2.80. The topological polar surface area (TPSA) is 57.8 Å². The number of aromatic nitrogens is 3. The highest BCUT2D eigenvalue weighted by molar-refractivity contribution is 9.11.